The van der Waals surface area contributed by atoms with Gasteiger partial charge in [-0.2, -0.15) is 0 Å². The van der Waals surface area contributed by atoms with Gasteiger partial charge in [-0.05, 0) is 41.5 Å². The Morgan fingerprint density at radius 1 is 0.600 bits per heavy atom. The van der Waals surface area contributed by atoms with E-state index in [9.17, 15) is 0 Å². The third-order valence-electron chi connectivity index (χ3n) is 5.78. The van der Waals surface area contributed by atoms with Gasteiger partial charge in [0, 0.05) is 16.5 Å². The van der Waals surface area contributed by atoms with E-state index in [-0.39, 0.29) is 0 Å². The molecule has 0 spiro atoms. The Morgan fingerprint density at radius 2 is 1.17 bits per heavy atom. The summed E-state index contributed by atoms with van der Waals surface area (Å²) in [6.07, 6.45) is 0. The van der Waals surface area contributed by atoms with Gasteiger partial charge in [-0.25, -0.2) is 9.98 Å². The minimum absolute atomic E-state index is 0.405. The van der Waals surface area contributed by atoms with Gasteiger partial charge in [-0.1, -0.05) is 86.6 Å². The normalized spacial score (nSPS) is 15.6. The Bertz CT molecular complexity index is 1320. The summed E-state index contributed by atoms with van der Waals surface area (Å²) in [5, 5.41) is 2.47. The van der Waals surface area contributed by atoms with E-state index < -0.39 is 0 Å². The smallest absolute Gasteiger partial charge is 0.0978 e. The molecule has 30 heavy (non-hydrogen) atoms. The molecule has 0 aromatic heterocycles. The highest BCUT2D eigenvalue weighted by Crippen LogP contribution is 2.36. The fourth-order valence-electron chi connectivity index (χ4n) is 4.22. The lowest BCUT2D eigenvalue weighted by Gasteiger charge is -2.11. The minimum Gasteiger partial charge on any atom is -0.246 e. The topological polar surface area (TPSA) is 24.7 Å². The van der Waals surface area contributed by atoms with Crippen LogP contribution >= 0.6 is 0 Å². The number of aliphatic imine (C=N–C) groups is 2. The zero-order valence-corrected chi connectivity index (χ0v) is 17.6. The van der Waals surface area contributed by atoms with Crippen molar-refractivity contribution < 1.29 is 0 Å². The van der Waals surface area contributed by atoms with Gasteiger partial charge in [0.2, 0.25) is 0 Å². The summed E-state index contributed by atoms with van der Waals surface area (Å²) in [6.45, 7) is 6.53. The minimum atomic E-state index is 0.405. The highest BCUT2D eigenvalue weighted by atomic mass is 14.8. The van der Waals surface area contributed by atoms with Crippen molar-refractivity contribution >= 4 is 33.6 Å². The lowest BCUT2D eigenvalue weighted by Crippen LogP contribution is -2.10. The zero-order valence-electron chi connectivity index (χ0n) is 17.6. The number of benzene rings is 4. The van der Waals surface area contributed by atoms with Crippen LogP contribution in [0.5, 0.6) is 0 Å². The quantitative estimate of drug-likeness (QED) is 0.346. The Balaban J connectivity index is 1.81. The van der Waals surface area contributed by atoms with Crippen molar-refractivity contribution in [2.24, 2.45) is 9.98 Å². The summed E-state index contributed by atoms with van der Waals surface area (Å²) in [4.78, 5) is 10.3. The Kier molecular flexibility index (Phi) is 4.55. The molecule has 146 valence electrons. The Morgan fingerprint density at radius 3 is 1.80 bits per heavy atom. The number of aryl methyl sites for hydroxylation is 1. The lowest BCUT2D eigenvalue weighted by molar-refractivity contribution is 0.867. The maximum Gasteiger partial charge on any atom is 0.0978 e. The van der Waals surface area contributed by atoms with Gasteiger partial charge in [-0.15, -0.1) is 0 Å². The van der Waals surface area contributed by atoms with E-state index in [0.29, 0.717) is 5.92 Å². The van der Waals surface area contributed by atoms with Crippen molar-refractivity contribution in [1.82, 2.24) is 0 Å². The van der Waals surface area contributed by atoms with Crippen LogP contribution in [0.2, 0.25) is 0 Å². The highest BCUT2D eigenvalue weighted by molar-refractivity contribution is 6.61. The first-order valence-electron chi connectivity index (χ1n) is 10.5. The fraction of sp³-hybridized carbons (Fsp3) is 0.143. The SMILES string of the molecule is Cc1ccccc1N=C1C(=Nc2ccccc2C(C)C)c2cccc3cccc1c23. The molecule has 0 bridgehead atoms. The van der Waals surface area contributed by atoms with E-state index in [1.165, 1.54) is 16.3 Å². The van der Waals surface area contributed by atoms with Crippen LogP contribution in [0.1, 0.15) is 42.0 Å². The lowest BCUT2D eigenvalue weighted by atomic mass is 10.0. The molecule has 0 aliphatic heterocycles. The second-order valence-electron chi connectivity index (χ2n) is 8.13. The first-order chi connectivity index (χ1) is 14.6. The molecule has 0 radical (unpaired) electrons. The van der Waals surface area contributed by atoms with E-state index in [4.69, 9.17) is 9.98 Å². The zero-order chi connectivity index (χ0) is 20.7. The molecule has 0 unspecified atom stereocenters. The van der Waals surface area contributed by atoms with Crippen LogP contribution in [0.4, 0.5) is 11.4 Å². The number of rotatable bonds is 3. The molecule has 0 N–H and O–H groups in total. The van der Waals surface area contributed by atoms with Crippen molar-refractivity contribution in [3.8, 4) is 0 Å². The summed E-state index contributed by atoms with van der Waals surface area (Å²) < 4.78 is 0. The Labute approximate surface area is 177 Å². The average Bonchev–Trinajstić information content (AvgIpc) is 3.05. The molecule has 1 aliphatic carbocycles. The van der Waals surface area contributed by atoms with E-state index in [0.717, 1.165) is 39.5 Å². The van der Waals surface area contributed by atoms with Crippen LogP contribution in [-0.4, -0.2) is 11.4 Å². The number of nitrogens with zero attached hydrogens (tertiary/aromatic N) is 2. The van der Waals surface area contributed by atoms with Crippen LogP contribution in [0.25, 0.3) is 10.8 Å². The molecular formula is C28H24N2. The van der Waals surface area contributed by atoms with E-state index in [1.807, 2.05) is 6.07 Å². The van der Waals surface area contributed by atoms with E-state index in [2.05, 4.69) is 99.6 Å². The van der Waals surface area contributed by atoms with Crippen LogP contribution in [-0.2, 0) is 0 Å². The molecule has 0 fully saturated rings. The van der Waals surface area contributed by atoms with Crippen molar-refractivity contribution in [2.45, 2.75) is 26.7 Å². The summed E-state index contributed by atoms with van der Waals surface area (Å²) in [5.74, 6) is 0.405. The van der Waals surface area contributed by atoms with Crippen LogP contribution in [0.3, 0.4) is 0 Å². The molecule has 0 atom stereocenters. The van der Waals surface area contributed by atoms with Gasteiger partial charge in [0.15, 0.2) is 0 Å². The summed E-state index contributed by atoms with van der Waals surface area (Å²) in [5.41, 5.74) is 8.65. The van der Waals surface area contributed by atoms with Gasteiger partial charge >= 0.3 is 0 Å². The molecule has 0 heterocycles. The Hall–Kier alpha value is -3.52. The number of hydrogen-bond donors (Lipinski definition) is 0. The first-order valence-corrected chi connectivity index (χ1v) is 10.5. The average molecular weight is 389 g/mol. The molecular weight excluding hydrogens is 364 g/mol. The predicted molar refractivity (Wildman–Crippen MR) is 128 cm³/mol. The second kappa shape index (κ2) is 7.38. The molecule has 0 saturated heterocycles. The second-order valence-corrected chi connectivity index (χ2v) is 8.13. The van der Waals surface area contributed by atoms with Crippen molar-refractivity contribution in [2.75, 3.05) is 0 Å². The standard InChI is InChI=1S/C28H24N2/c1-18(2)21-13-5-7-17-25(21)30-28-23-15-9-12-20-11-8-14-22(26(20)23)27(28)29-24-16-6-4-10-19(24)3/h4-18H,1-3H3. The molecule has 4 aromatic carbocycles. The summed E-state index contributed by atoms with van der Waals surface area (Å²) in [7, 11) is 0. The largest absolute Gasteiger partial charge is 0.246 e. The van der Waals surface area contributed by atoms with Crippen LogP contribution < -0.4 is 0 Å². The summed E-state index contributed by atoms with van der Waals surface area (Å²) >= 11 is 0. The molecule has 0 amide bonds. The third-order valence-corrected chi connectivity index (χ3v) is 5.78. The van der Waals surface area contributed by atoms with E-state index >= 15 is 0 Å². The van der Waals surface area contributed by atoms with Crippen molar-refractivity contribution in [3.05, 3.63) is 107 Å². The summed E-state index contributed by atoms with van der Waals surface area (Å²) in [6, 6.07) is 29.6. The molecule has 2 heteroatoms. The van der Waals surface area contributed by atoms with Crippen molar-refractivity contribution in [3.63, 3.8) is 0 Å². The molecule has 1 aliphatic rings. The van der Waals surface area contributed by atoms with Gasteiger partial charge in [-0.3, -0.25) is 0 Å². The molecule has 5 rings (SSSR count). The third kappa shape index (κ3) is 3.05. The predicted octanol–water partition coefficient (Wildman–Crippen LogP) is 7.53. The van der Waals surface area contributed by atoms with Crippen LogP contribution in [0.15, 0.2) is 94.9 Å². The molecule has 0 saturated carbocycles. The molecule has 2 nitrogen and oxygen atoms in total. The van der Waals surface area contributed by atoms with Gasteiger partial charge < -0.3 is 0 Å². The van der Waals surface area contributed by atoms with Gasteiger partial charge in [0.1, 0.15) is 0 Å². The highest BCUT2D eigenvalue weighted by Gasteiger charge is 2.27. The maximum atomic E-state index is 5.21. The number of hydrogen-bond acceptors (Lipinski definition) is 2. The van der Waals surface area contributed by atoms with Crippen LogP contribution in [0, 0.1) is 6.92 Å². The van der Waals surface area contributed by atoms with E-state index in [1.54, 1.807) is 0 Å². The number of para-hydroxylation sites is 2. The first kappa shape index (κ1) is 18.5. The molecule has 4 aromatic rings. The maximum absolute atomic E-state index is 5.21. The van der Waals surface area contributed by atoms with Crippen molar-refractivity contribution in [1.29, 1.82) is 0 Å². The van der Waals surface area contributed by atoms with Gasteiger partial charge in [0.05, 0.1) is 22.8 Å². The fourth-order valence-corrected chi connectivity index (χ4v) is 4.22. The van der Waals surface area contributed by atoms with Gasteiger partial charge in [0.25, 0.3) is 0 Å². The monoisotopic (exact) mass is 388 g/mol.